The van der Waals surface area contributed by atoms with Gasteiger partial charge in [-0.1, -0.05) is 340 Å². The summed E-state index contributed by atoms with van der Waals surface area (Å²) in [6.45, 7) is 4.88. The third-order valence-corrected chi connectivity index (χ3v) is 16.2. The van der Waals surface area contributed by atoms with Crippen LogP contribution in [-0.4, -0.2) is 47.4 Å². The van der Waals surface area contributed by atoms with Crippen LogP contribution in [0.3, 0.4) is 0 Å². The van der Waals surface area contributed by atoms with Crippen molar-refractivity contribution in [3.05, 3.63) is 24.3 Å². The molecule has 0 aliphatic rings. The first-order valence-electron chi connectivity index (χ1n) is 34.6. The van der Waals surface area contributed by atoms with Crippen molar-refractivity contribution in [2.45, 2.75) is 398 Å². The van der Waals surface area contributed by atoms with E-state index in [1.54, 1.807) is 6.08 Å². The molecule has 0 fully saturated rings. The highest BCUT2D eigenvalue weighted by Gasteiger charge is 2.18. The quantitative estimate of drug-likeness (QED) is 0.0320. The highest BCUT2D eigenvalue weighted by Crippen LogP contribution is 2.19. The molecule has 0 saturated heterocycles. The largest absolute Gasteiger partial charge is 0.466 e. The summed E-state index contributed by atoms with van der Waals surface area (Å²) >= 11 is 0. The fourth-order valence-corrected chi connectivity index (χ4v) is 10.9. The van der Waals surface area contributed by atoms with Crippen molar-refractivity contribution in [2.24, 2.45) is 0 Å². The van der Waals surface area contributed by atoms with Gasteiger partial charge in [0.15, 0.2) is 0 Å². The number of ether oxygens (including phenoxy) is 1. The number of esters is 1. The maximum atomic E-state index is 12.4. The average Bonchev–Trinajstić information content (AvgIpc) is 3.42. The third kappa shape index (κ3) is 61.6. The fourth-order valence-electron chi connectivity index (χ4n) is 10.9. The summed E-state index contributed by atoms with van der Waals surface area (Å²) in [5.41, 5.74) is 0. The Bertz CT molecular complexity index is 1190. The van der Waals surface area contributed by atoms with Gasteiger partial charge in [-0.05, 0) is 57.8 Å². The molecule has 1 amide bonds. The van der Waals surface area contributed by atoms with E-state index in [9.17, 15) is 19.8 Å². The van der Waals surface area contributed by atoms with Crippen molar-refractivity contribution in [1.29, 1.82) is 0 Å². The number of unbranched alkanes of at least 4 members (excludes halogenated alkanes) is 52. The number of hydrogen-bond donors (Lipinski definition) is 3. The highest BCUT2D eigenvalue weighted by atomic mass is 16.5. The van der Waals surface area contributed by atoms with Gasteiger partial charge in [0.2, 0.25) is 5.91 Å². The Kier molecular flexibility index (Phi) is 64.4. The molecule has 0 bridgehead atoms. The lowest BCUT2D eigenvalue weighted by molar-refractivity contribution is -0.143. The van der Waals surface area contributed by atoms with E-state index < -0.39 is 12.1 Å². The number of carbonyl (C=O) groups excluding carboxylic acids is 2. The first-order valence-corrected chi connectivity index (χ1v) is 34.6. The highest BCUT2D eigenvalue weighted by molar-refractivity contribution is 5.76. The molecule has 6 heteroatoms. The Labute approximate surface area is 475 Å². The molecule has 3 N–H and O–H groups in total. The minimum absolute atomic E-state index is 0.0133. The van der Waals surface area contributed by atoms with Crippen LogP contribution < -0.4 is 5.32 Å². The number of carbonyl (C=O) groups is 2. The predicted octanol–water partition coefficient (Wildman–Crippen LogP) is 22.1. The van der Waals surface area contributed by atoms with E-state index in [2.05, 4.69) is 31.3 Å². The van der Waals surface area contributed by atoms with Crippen molar-refractivity contribution in [1.82, 2.24) is 5.32 Å². The molecule has 0 aromatic rings. The predicted molar refractivity (Wildman–Crippen MR) is 333 cm³/mol. The number of hydrogen-bond acceptors (Lipinski definition) is 5. The molecular formula is C70H135NO5. The fraction of sp³-hybridized carbons (Fsp3) is 0.914. The van der Waals surface area contributed by atoms with Gasteiger partial charge in [-0.25, -0.2) is 0 Å². The van der Waals surface area contributed by atoms with Crippen LogP contribution in [0.25, 0.3) is 0 Å². The Morgan fingerprint density at radius 2 is 0.618 bits per heavy atom. The summed E-state index contributed by atoms with van der Waals surface area (Å²) in [7, 11) is 0. The van der Waals surface area contributed by atoms with Gasteiger partial charge in [-0.15, -0.1) is 0 Å². The molecule has 0 saturated carbocycles. The first kappa shape index (κ1) is 74.3. The Balaban J connectivity index is 3.28. The van der Waals surface area contributed by atoms with Gasteiger partial charge in [-0.2, -0.15) is 0 Å². The van der Waals surface area contributed by atoms with Crippen LogP contribution in [0, 0.1) is 0 Å². The lowest BCUT2D eigenvalue weighted by Gasteiger charge is -2.20. The molecule has 0 aromatic carbocycles. The second-order valence-corrected chi connectivity index (χ2v) is 23.9. The molecule has 0 heterocycles. The lowest BCUT2D eigenvalue weighted by Crippen LogP contribution is -2.45. The summed E-state index contributed by atoms with van der Waals surface area (Å²) in [5.74, 6) is -0.0493. The van der Waals surface area contributed by atoms with Crippen molar-refractivity contribution in [3.8, 4) is 0 Å². The molecule has 2 atom stereocenters. The minimum Gasteiger partial charge on any atom is -0.466 e. The molecule has 6 nitrogen and oxygen atoms in total. The van der Waals surface area contributed by atoms with Crippen molar-refractivity contribution < 1.29 is 24.5 Å². The van der Waals surface area contributed by atoms with Crippen LogP contribution in [0.5, 0.6) is 0 Å². The van der Waals surface area contributed by atoms with E-state index in [4.69, 9.17) is 4.74 Å². The summed E-state index contributed by atoms with van der Waals surface area (Å²) in [4.78, 5) is 24.4. The molecule has 76 heavy (non-hydrogen) atoms. The Morgan fingerprint density at radius 3 is 0.961 bits per heavy atom. The van der Waals surface area contributed by atoms with Gasteiger partial charge in [0.25, 0.3) is 0 Å². The summed E-state index contributed by atoms with van der Waals surface area (Å²) in [5, 5.41) is 23.0. The van der Waals surface area contributed by atoms with Crippen LogP contribution in [0.15, 0.2) is 24.3 Å². The molecule has 0 aromatic heterocycles. The van der Waals surface area contributed by atoms with Gasteiger partial charge in [0.1, 0.15) is 0 Å². The zero-order valence-electron chi connectivity index (χ0n) is 51.5. The molecule has 0 aliphatic heterocycles. The van der Waals surface area contributed by atoms with E-state index >= 15 is 0 Å². The SMILES string of the molecule is CCCCC/C=C\CCCCCCCC(=O)OCCCCCCCCCCCCCCCCCCCCCCCCCCCCCCCCCCCCCCCC(=O)NC(CO)C(O)/C=C/CCCCCCCCCC. The maximum absolute atomic E-state index is 12.4. The molecular weight excluding hydrogens is 935 g/mol. The molecule has 0 aliphatic carbocycles. The van der Waals surface area contributed by atoms with Crippen LogP contribution >= 0.6 is 0 Å². The summed E-state index contributed by atoms with van der Waals surface area (Å²) < 4.78 is 5.48. The molecule has 0 spiro atoms. The van der Waals surface area contributed by atoms with Crippen LogP contribution in [0.1, 0.15) is 386 Å². The first-order chi connectivity index (χ1) is 37.5. The van der Waals surface area contributed by atoms with E-state index in [1.807, 2.05) is 6.08 Å². The van der Waals surface area contributed by atoms with Crippen LogP contribution in [0.4, 0.5) is 0 Å². The van der Waals surface area contributed by atoms with Gasteiger partial charge in [0.05, 0.1) is 25.4 Å². The number of aliphatic hydroxyl groups excluding tert-OH is 2. The Morgan fingerprint density at radius 1 is 0.355 bits per heavy atom. The molecule has 2 unspecified atom stereocenters. The smallest absolute Gasteiger partial charge is 0.305 e. The minimum atomic E-state index is -0.838. The van der Waals surface area contributed by atoms with E-state index in [1.165, 1.54) is 315 Å². The zero-order valence-corrected chi connectivity index (χ0v) is 51.5. The van der Waals surface area contributed by atoms with Gasteiger partial charge in [0, 0.05) is 12.8 Å². The van der Waals surface area contributed by atoms with Crippen LogP contribution in [0.2, 0.25) is 0 Å². The number of rotatable bonds is 65. The van der Waals surface area contributed by atoms with Gasteiger partial charge in [-0.3, -0.25) is 9.59 Å². The van der Waals surface area contributed by atoms with Gasteiger partial charge >= 0.3 is 5.97 Å². The van der Waals surface area contributed by atoms with E-state index in [0.29, 0.717) is 19.4 Å². The van der Waals surface area contributed by atoms with Crippen LogP contribution in [-0.2, 0) is 14.3 Å². The summed E-state index contributed by atoms with van der Waals surface area (Å²) in [6, 6.07) is -0.621. The maximum Gasteiger partial charge on any atom is 0.305 e. The van der Waals surface area contributed by atoms with Crippen molar-refractivity contribution in [2.75, 3.05) is 13.2 Å². The normalized spacial score (nSPS) is 12.6. The van der Waals surface area contributed by atoms with Crippen molar-refractivity contribution >= 4 is 11.9 Å². The second kappa shape index (κ2) is 65.9. The third-order valence-electron chi connectivity index (χ3n) is 16.2. The topological polar surface area (TPSA) is 95.9 Å². The molecule has 0 radical (unpaired) electrons. The average molecular weight is 1070 g/mol. The molecule has 0 rings (SSSR count). The van der Waals surface area contributed by atoms with Crippen molar-refractivity contribution in [3.63, 3.8) is 0 Å². The van der Waals surface area contributed by atoms with Gasteiger partial charge < -0.3 is 20.3 Å². The molecule has 450 valence electrons. The lowest BCUT2D eigenvalue weighted by atomic mass is 10.0. The van der Waals surface area contributed by atoms with E-state index in [0.717, 1.165) is 44.9 Å². The summed E-state index contributed by atoms with van der Waals surface area (Å²) in [6.07, 6.45) is 82.9. The standard InChI is InChI=1S/C70H135NO5/c1-3-5-7-9-11-13-15-44-48-52-56-60-64-70(75)76-65-61-57-53-49-45-42-40-38-36-34-32-30-28-26-24-22-20-18-16-17-19-21-23-25-27-29-31-33-35-37-39-41-43-47-51-55-59-63-69(74)71-67(66-72)68(73)62-58-54-50-46-14-12-10-8-6-4-2/h11,13,58,62,67-68,72-73H,3-10,12,14-57,59-61,63-66H2,1-2H3,(H,71,74)/b13-11-,62-58+. The van der Waals surface area contributed by atoms with E-state index in [-0.39, 0.29) is 18.5 Å². The second-order valence-electron chi connectivity index (χ2n) is 23.9. The number of aliphatic hydroxyl groups is 2. The number of nitrogens with one attached hydrogen (secondary N) is 1. The zero-order chi connectivity index (χ0) is 55.0. The Hall–Kier alpha value is -1.66. The monoisotopic (exact) mass is 1070 g/mol. The number of amides is 1. The number of allylic oxidation sites excluding steroid dienone is 3.